The van der Waals surface area contributed by atoms with Gasteiger partial charge in [0.1, 0.15) is 5.41 Å². The lowest BCUT2D eigenvalue weighted by Crippen LogP contribution is -2.50. The molecule has 0 saturated carbocycles. The summed E-state index contributed by atoms with van der Waals surface area (Å²) >= 11 is 0. The van der Waals surface area contributed by atoms with E-state index in [0.29, 0.717) is 26.1 Å². The second kappa shape index (κ2) is 4.19. The van der Waals surface area contributed by atoms with Crippen molar-refractivity contribution in [1.82, 2.24) is 5.32 Å². The number of rotatable bonds is 1. The van der Waals surface area contributed by atoms with Crippen LogP contribution in [0.5, 0.6) is 0 Å². The van der Waals surface area contributed by atoms with Crippen molar-refractivity contribution >= 4 is 5.91 Å². The summed E-state index contributed by atoms with van der Waals surface area (Å²) < 4.78 is 5.18. The topological polar surface area (TPSA) is 62.1 Å². The van der Waals surface area contributed by atoms with Crippen LogP contribution in [-0.4, -0.2) is 24.7 Å². The van der Waals surface area contributed by atoms with Gasteiger partial charge in [-0.25, -0.2) is 0 Å². The summed E-state index contributed by atoms with van der Waals surface area (Å²) in [6, 6.07) is 2.15. The summed E-state index contributed by atoms with van der Waals surface area (Å²) in [6.07, 6.45) is 0.983. The fraction of sp³-hybridized carbons (Fsp3) is 0.818. The van der Waals surface area contributed by atoms with E-state index >= 15 is 0 Å². The Morgan fingerprint density at radius 2 is 1.93 bits per heavy atom. The molecule has 15 heavy (non-hydrogen) atoms. The fourth-order valence-electron chi connectivity index (χ4n) is 1.57. The van der Waals surface area contributed by atoms with Crippen molar-refractivity contribution in [2.75, 3.05) is 13.2 Å². The van der Waals surface area contributed by atoms with E-state index in [4.69, 9.17) is 10.00 Å². The Morgan fingerprint density at radius 3 is 2.33 bits per heavy atom. The van der Waals surface area contributed by atoms with Gasteiger partial charge in [-0.3, -0.25) is 4.79 Å². The molecule has 0 aromatic rings. The van der Waals surface area contributed by atoms with Crippen LogP contribution in [0.3, 0.4) is 0 Å². The number of nitrogens with one attached hydrogen (secondary N) is 1. The van der Waals surface area contributed by atoms with Gasteiger partial charge in [0.05, 0.1) is 6.07 Å². The number of ether oxygens (including phenoxy) is 1. The van der Waals surface area contributed by atoms with Gasteiger partial charge in [0.15, 0.2) is 0 Å². The Kier molecular flexibility index (Phi) is 3.35. The van der Waals surface area contributed by atoms with Crippen molar-refractivity contribution in [2.45, 2.75) is 39.2 Å². The van der Waals surface area contributed by atoms with Gasteiger partial charge >= 0.3 is 0 Å². The molecule has 1 saturated heterocycles. The maximum Gasteiger partial charge on any atom is 0.241 e. The smallest absolute Gasteiger partial charge is 0.241 e. The van der Waals surface area contributed by atoms with E-state index in [-0.39, 0.29) is 11.4 Å². The number of nitrogens with zero attached hydrogens (tertiary/aromatic N) is 1. The number of nitriles is 1. The molecular weight excluding hydrogens is 192 g/mol. The summed E-state index contributed by atoms with van der Waals surface area (Å²) in [5.41, 5.74) is -1.18. The Morgan fingerprint density at radius 1 is 1.40 bits per heavy atom. The summed E-state index contributed by atoms with van der Waals surface area (Å²) in [7, 11) is 0. The van der Waals surface area contributed by atoms with Crippen LogP contribution < -0.4 is 5.32 Å². The van der Waals surface area contributed by atoms with Gasteiger partial charge in [-0.2, -0.15) is 5.26 Å². The highest BCUT2D eigenvalue weighted by Gasteiger charge is 2.41. The van der Waals surface area contributed by atoms with E-state index in [1.54, 1.807) is 0 Å². The molecule has 1 heterocycles. The lowest BCUT2D eigenvalue weighted by molar-refractivity contribution is -0.133. The molecule has 0 spiro atoms. The molecule has 1 rings (SSSR count). The molecule has 0 aliphatic carbocycles. The molecule has 1 amide bonds. The Bertz CT molecular complexity index is 280. The van der Waals surface area contributed by atoms with E-state index < -0.39 is 5.41 Å². The molecule has 4 nitrogen and oxygen atoms in total. The molecular formula is C11H18N2O2. The Balaban J connectivity index is 2.74. The number of hydrogen-bond donors (Lipinski definition) is 1. The molecule has 0 radical (unpaired) electrons. The largest absolute Gasteiger partial charge is 0.381 e. The van der Waals surface area contributed by atoms with Crippen LogP contribution in [0.1, 0.15) is 33.6 Å². The summed E-state index contributed by atoms with van der Waals surface area (Å²) in [6.45, 7) is 6.72. The average molecular weight is 210 g/mol. The second-order valence-electron chi connectivity index (χ2n) is 5.01. The summed E-state index contributed by atoms with van der Waals surface area (Å²) in [5, 5.41) is 12.0. The molecule has 1 fully saturated rings. The lowest BCUT2D eigenvalue weighted by Gasteiger charge is -2.32. The molecule has 1 N–H and O–H groups in total. The third-order valence-electron chi connectivity index (χ3n) is 2.48. The van der Waals surface area contributed by atoms with Crippen molar-refractivity contribution in [1.29, 1.82) is 5.26 Å². The van der Waals surface area contributed by atoms with Crippen LogP contribution in [0, 0.1) is 16.7 Å². The maximum atomic E-state index is 12.0. The molecule has 0 aromatic carbocycles. The number of carbonyl (C=O) groups is 1. The molecule has 84 valence electrons. The third kappa shape index (κ3) is 2.93. The number of carbonyl (C=O) groups excluding carboxylic acids is 1. The van der Waals surface area contributed by atoms with Crippen LogP contribution >= 0.6 is 0 Å². The second-order valence-corrected chi connectivity index (χ2v) is 5.01. The van der Waals surface area contributed by atoms with Crippen LogP contribution in [0.15, 0.2) is 0 Å². The summed E-state index contributed by atoms with van der Waals surface area (Å²) in [4.78, 5) is 12.0. The first-order valence-corrected chi connectivity index (χ1v) is 5.21. The van der Waals surface area contributed by atoms with Gasteiger partial charge in [-0.15, -0.1) is 0 Å². The van der Waals surface area contributed by atoms with Crippen molar-refractivity contribution in [2.24, 2.45) is 5.41 Å². The zero-order valence-corrected chi connectivity index (χ0v) is 9.59. The predicted octanol–water partition coefficient (Wildman–Crippen LogP) is 1.22. The zero-order valence-electron chi connectivity index (χ0n) is 9.59. The fourth-order valence-corrected chi connectivity index (χ4v) is 1.57. The van der Waals surface area contributed by atoms with E-state index in [9.17, 15) is 4.79 Å². The van der Waals surface area contributed by atoms with E-state index in [2.05, 4.69) is 11.4 Å². The molecule has 0 unspecified atom stereocenters. The average Bonchev–Trinajstić information content (AvgIpc) is 2.16. The highest BCUT2D eigenvalue weighted by atomic mass is 16.5. The van der Waals surface area contributed by atoms with Gasteiger partial charge in [-0.05, 0) is 33.6 Å². The molecule has 4 heteroatoms. The first-order chi connectivity index (χ1) is 6.90. The van der Waals surface area contributed by atoms with E-state index in [1.807, 2.05) is 20.8 Å². The first-order valence-electron chi connectivity index (χ1n) is 5.21. The minimum Gasteiger partial charge on any atom is -0.381 e. The van der Waals surface area contributed by atoms with Gasteiger partial charge in [-0.1, -0.05) is 0 Å². The summed E-state index contributed by atoms with van der Waals surface area (Å²) in [5.74, 6) is -0.166. The molecule has 0 atom stereocenters. The third-order valence-corrected chi connectivity index (χ3v) is 2.48. The zero-order chi connectivity index (χ0) is 11.5. The van der Waals surface area contributed by atoms with Crippen LogP contribution in [0.2, 0.25) is 0 Å². The number of amides is 1. The van der Waals surface area contributed by atoms with Gasteiger partial charge in [0, 0.05) is 18.8 Å². The standard InChI is InChI=1S/C11H18N2O2/c1-10(2,3)13-9(14)11(8-12)4-6-15-7-5-11/h4-7H2,1-3H3,(H,13,14). The maximum absolute atomic E-state index is 12.0. The van der Waals surface area contributed by atoms with Crippen molar-refractivity contribution in [3.8, 4) is 6.07 Å². The van der Waals surface area contributed by atoms with E-state index in [0.717, 1.165) is 0 Å². The molecule has 1 aliphatic heterocycles. The van der Waals surface area contributed by atoms with Crippen molar-refractivity contribution in [3.05, 3.63) is 0 Å². The SMILES string of the molecule is CC(C)(C)NC(=O)C1(C#N)CCOCC1. The van der Waals surface area contributed by atoms with Crippen LogP contribution in [0.4, 0.5) is 0 Å². The van der Waals surface area contributed by atoms with Gasteiger partial charge in [0.25, 0.3) is 0 Å². The van der Waals surface area contributed by atoms with Gasteiger partial charge in [0.2, 0.25) is 5.91 Å². The minimum atomic E-state index is -0.883. The molecule has 0 aromatic heterocycles. The highest BCUT2D eigenvalue weighted by Crippen LogP contribution is 2.30. The van der Waals surface area contributed by atoms with Crippen LogP contribution in [0.25, 0.3) is 0 Å². The van der Waals surface area contributed by atoms with Gasteiger partial charge < -0.3 is 10.1 Å². The normalized spacial score (nSPS) is 20.4. The van der Waals surface area contributed by atoms with Crippen molar-refractivity contribution in [3.63, 3.8) is 0 Å². The molecule has 0 bridgehead atoms. The Hall–Kier alpha value is -1.08. The van der Waals surface area contributed by atoms with Crippen molar-refractivity contribution < 1.29 is 9.53 Å². The Labute approximate surface area is 90.6 Å². The first kappa shape index (κ1) is 12.0. The quantitative estimate of drug-likeness (QED) is 0.707. The minimum absolute atomic E-state index is 0.166. The number of hydrogen-bond acceptors (Lipinski definition) is 3. The predicted molar refractivity (Wildman–Crippen MR) is 56.0 cm³/mol. The monoisotopic (exact) mass is 210 g/mol. The lowest BCUT2D eigenvalue weighted by atomic mass is 9.80. The molecule has 1 aliphatic rings. The van der Waals surface area contributed by atoms with Crippen LogP contribution in [-0.2, 0) is 9.53 Å². The highest BCUT2D eigenvalue weighted by molar-refractivity contribution is 5.86. The van der Waals surface area contributed by atoms with E-state index in [1.165, 1.54) is 0 Å².